The van der Waals surface area contributed by atoms with Crippen molar-refractivity contribution in [2.45, 2.75) is 46.4 Å². The topological polar surface area (TPSA) is 79.9 Å². The number of aliphatic hydroxyl groups is 1. The zero-order chi connectivity index (χ0) is 17.7. The number of hydrogen-bond acceptors (Lipinski definition) is 5. The number of oxime groups is 1. The fraction of sp³-hybridized carbons (Fsp3) is 0.444. The van der Waals surface area contributed by atoms with Crippen molar-refractivity contribution in [3.63, 3.8) is 0 Å². The largest absolute Gasteiger partial charge is 0.411 e. The molecule has 0 radical (unpaired) electrons. The van der Waals surface area contributed by atoms with Crippen molar-refractivity contribution in [2.75, 3.05) is 6.61 Å². The van der Waals surface area contributed by atoms with Crippen LogP contribution in [0.5, 0.6) is 0 Å². The van der Waals surface area contributed by atoms with Gasteiger partial charge in [0, 0.05) is 12.2 Å². The first-order valence-electron chi connectivity index (χ1n) is 8.00. The van der Waals surface area contributed by atoms with E-state index < -0.39 is 5.60 Å². The van der Waals surface area contributed by atoms with Crippen molar-refractivity contribution >= 4 is 6.21 Å². The summed E-state index contributed by atoms with van der Waals surface area (Å²) in [5.74, 6) is 0.687. The smallest absolute Gasteiger partial charge is 0.136 e. The lowest BCUT2D eigenvalue weighted by Gasteiger charge is -2.22. The fourth-order valence-electron chi connectivity index (χ4n) is 2.65. The molecule has 2 rings (SSSR count). The summed E-state index contributed by atoms with van der Waals surface area (Å²) >= 11 is 0. The van der Waals surface area contributed by atoms with Crippen molar-refractivity contribution in [1.82, 2.24) is 9.55 Å². The number of imidazole rings is 1. The van der Waals surface area contributed by atoms with Crippen LogP contribution in [0.25, 0.3) is 11.3 Å². The highest BCUT2D eigenvalue weighted by molar-refractivity contribution is 5.87. The third-order valence-corrected chi connectivity index (χ3v) is 3.63. The maximum Gasteiger partial charge on any atom is 0.136 e. The van der Waals surface area contributed by atoms with Crippen LogP contribution in [-0.2, 0) is 17.9 Å². The van der Waals surface area contributed by atoms with E-state index in [1.54, 1.807) is 13.8 Å². The second kappa shape index (κ2) is 7.59. The summed E-state index contributed by atoms with van der Waals surface area (Å²) in [6.07, 6.45) is 1.32. The Bertz CT molecular complexity index is 715. The van der Waals surface area contributed by atoms with Gasteiger partial charge in [-0.15, -0.1) is 0 Å². The number of benzene rings is 1. The molecule has 6 heteroatoms. The monoisotopic (exact) mass is 331 g/mol. The maximum absolute atomic E-state index is 10.3. The van der Waals surface area contributed by atoms with Crippen LogP contribution in [0.15, 0.2) is 29.4 Å². The van der Waals surface area contributed by atoms with E-state index in [9.17, 15) is 5.11 Å². The molecule has 0 aliphatic carbocycles. The van der Waals surface area contributed by atoms with Gasteiger partial charge >= 0.3 is 0 Å². The van der Waals surface area contributed by atoms with E-state index in [2.05, 4.69) is 10.1 Å². The Morgan fingerprint density at radius 1 is 1.33 bits per heavy atom. The summed E-state index contributed by atoms with van der Waals surface area (Å²) in [5, 5.41) is 22.5. The number of ether oxygens (including phenoxy) is 1. The Balaban J connectivity index is 2.68. The normalized spacial score (nSPS) is 12.2. The average molecular weight is 331 g/mol. The molecule has 0 saturated heterocycles. The van der Waals surface area contributed by atoms with Gasteiger partial charge in [-0.2, -0.15) is 0 Å². The van der Waals surface area contributed by atoms with Gasteiger partial charge in [0.25, 0.3) is 0 Å². The van der Waals surface area contributed by atoms with E-state index >= 15 is 0 Å². The van der Waals surface area contributed by atoms with Crippen LogP contribution < -0.4 is 0 Å². The lowest BCUT2D eigenvalue weighted by Crippen LogP contribution is -2.28. The number of hydrogen-bond donors (Lipinski definition) is 2. The van der Waals surface area contributed by atoms with Crippen LogP contribution in [0.2, 0.25) is 0 Å². The number of aromatic nitrogens is 2. The Hall–Kier alpha value is -2.18. The molecule has 130 valence electrons. The quantitative estimate of drug-likeness (QED) is 0.464. The third kappa shape index (κ3) is 4.21. The molecule has 0 saturated carbocycles. The minimum absolute atomic E-state index is 0.324. The number of nitrogens with zero attached hydrogens (tertiary/aromatic N) is 3. The molecule has 1 aromatic heterocycles. The zero-order valence-corrected chi connectivity index (χ0v) is 14.7. The molecule has 0 spiro atoms. The Kier molecular flexibility index (Phi) is 5.75. The highest BCUT2D eigenvalue weighted by atomic mass is 16.5. The molecule has 0 atom stereocenters. The molecule has 2 N–H and O–H groups in total. The van der Waals surface area contributed by atoms with Crippen molar-refractivity contribution < 1.29 is 15.1 Å². The van der Waals surface area contributed by atoms with E-state index in [-0.39, 0.29) is 0 Å². The third-order valence-electron chi connectivity index (χ3n) is 3.63. The first-order valence-corrected chi connectivity index (χ1v) is 8.00. The highest BCUT2D eigenvalue weighted by Gasteiger charge is 2.24. The van der Waals surface area contributed by atoms with E-state index in [1.807, 2.05) is 42.7 Å². The maximum atomic E-state index is 10.3. The van der Waals surface area contributed by atoms with E-state index in [4.69, 9.17) is 9.94 Å². The van der Waals surface area contributed by atoms with Crippen LogP contribution in [0.1, 0.15) is 37.9 Å². The molecule has 24 heavy (non-hydrogen) atoms. The molecular formula is C18H25N3O3. The van der Waals surface area contributed by atoms with Gasteiger partial charge in [0.1, 0.15) is 18.1 Å². The molecular weight excluding hydrogens is 306 g/mol. The summed E-state index contributed by atoms with van der Waals surface area (Å²) in [4.78, 5) is 4.56. The van der Waals surface area contributed by atoms with Crippen LogP contribution in [0, 0.1) is 6.92 Å². The minimum atomic E-state index is -0.924. The SMILES string of the molecule is CCOCc1nc(/C=N/O)c(-c2ccccc2C)n1CC(C)(C)O. The van der Waals surface area contributed by atoms with Crippen molar-refractivity contribution in [2.24, 2.45) is 5.16 Å². The van der Waals surface area contributed by atoms with E-state index in [0.29, 0.717) is 31.3 Å². The molecule has 0 aliphatic rings. The van der Waals surface area contributed by atoms with Gasteiger partial charge in [-0.3, -0.25) is 0 Å². The molecule has 6 nitrogen and oxygen atoms in total. The summed E-state index contributed by atoms with van der Waals surface area (Å²) in [7, 11) is 0. The molecule has 2 aromatic rings. The van der Waals surface area contributed by atoms with Crippen LogP contribution in [0.4, 0.5) is 0 Å². The molecule has 0 aliphatic heterocycles. The number of aryl methyl sites for hydroxylation is 1. The summed E-state index contributed by atoms with van der Waals surface area (Å²) in [5.41, 5.74) is 2.48. The van der Waals surface area contributed by atoms with Crippen molar-refractivity contribution in [3.05, 3.63) is 41.3 Å². The lowest BCUT2D eigenvalue weighted by atomic mass is 10.0. The first kappa shape index (κ1) is 18.2. The van der Waals surface area contributed by atoms with E-state index in [0.717, 1.165) is 16.8 Å². The van der Waals surface area contributed by atoms with Gasteiger partial charge < -0.3 is 19.6 Å². The zero-order valence-electron chi connectivity index (χ0n) is 14.7. The van der Waals surface area contributed by atoms with Gasteiger partial charge in [0.2, 0.25) is 0 Å². The minimum Gasteiger partial charge on any atom is -0.411 e. The fourth-order valence-corrected chi connectivity index (χ4v) is 2.65. The average Bonchev–Trinajstić information content (AvgIpc) is 2.82. The predicted octanol–water partition coefficient (Wildman–Crippen LogP) is 2.97. The van der Waals surface area contributed by atoms with Gasteiger partial charge in [0.15, 0.2) is 0 Å². The molecule has 0 unspecified atom stereocenters. The lowest BCUT2D eigenvalue weighted by molar-refractivity contribution is 0.0574. The second-order valence-corrected chi connectivity index (χ2v) is 6.36. The van der Waals surface area contributed by atoms with Crippen molar-refractivity contribution in [1.29, 1.82) is 0 Å². The highest BCUT2D eigenvalue weighted by Crippen LogP contribution is 2.29. The Morgan fingerprint density at radius 2 is 2.04 bits per heavy atom. The summed E-state index contributed by atoms with van der Waals surface area (Å²) in [6, 6.07) is 7.92. The molecule has 1 aromatic carbocycles. The van der Waals surface area contributed by atoms with Gasteiger partial charge in [0.05, 0.1) is 24.1 Å². The summed E-state index contributed by atoms with van der Waals surface area (Å²) in [6.45, 7) is 8.67. The molecule has 0 bridgehead atoms. The van der Waals surface area contributed by atoms with Crippen LogP contribution in [0.3, 0.4) is 0 Å². The van der Waals surface area contributed by atoms with Gasteiger partial charge in [-0.25, -0.2) is 4.98 Å². The molecule has 0 amide bonds. The summed E-state index contributed by atoms with van der Waals surface area (Å²) < 4.78 is 7.45. The van der Waals surface area contributed by atoms with Gasteiger partial charge in [-0.05, 0) is 33.3 Å². The number of rotatable bonds is 7. The first-order chi connectivity index (χ1) is 11.4. The van der Waals surface area contributed by atoms with Gasteiger partial charge in [-0.1, -0.05) is 29.4 Å². The standard InChI is InChI=1S/C18H25N3O3/c1-5-24-11-16-20-15(10-19-23)17(21(16)12-18(3,4)22)14-9-7-6-8-13(14)2/h6-10,22-23H,5,11-12H2,1-4H3/b19-10+. The predicted molar refractivity (Wildman–Crippen MR) is 93.4 cm³/mol. The second-order valence-electron chi connectivity index (χ2n) is 6.36. The van der Waals surface area contributed by atoms with Crippen LogP contribution in [-0.4, -0.2) is 38.3 Å². The van der Waals surface area contributed by atoms with E-state index in [1.165, 1.54) is 6.21 Å². The van der Waals surface area contributed by atoms with Crippen molar-refractivity contribution in [3.8, 4) is 11.3 Å². The molecule has 0 fully saturated rings. The Morgan fingerprint density at radius 3 is 2.62 bits per heavy atom. The Labute approximate surface area is 142 Å². The van der Waals surface area contributed by atoms with Crippen LogP contribution >= 0.6 is 0 Å². The molecule has 1 heterocycles.